The Hall–Kier alpha value is -0.770. The van der Waals surface area contributed by atoms with Crippen LogP contribution in [0, 0.1) is 5.92 Å². The van der Waals surface area contributed by atoms with Crippen LogP contribution in [0.25, 0.3) is 0 Å². The lowest BCUT2D eigenvalue weighted by atomic mass is 10.0. The zero-order valence-corrected chi connectivity index (χ0v) is 13.7. The van der Waals surface area contributed by atoms with E-state index >= 15 is 0 Å². The number of hydrogen-bond donors (Lipinski definition) is 2. The molecule has 0 saturated carbocycles. The molecule has 3 nitrogen and oxygen atoms in total. The number of halogens is 2. The van der Waals surface area contributed by atoms with Gasteiger partial charge in [-0.15, -0.1) is 0 Å². The molecule has 0 aromatic heterocycles. The van der Waals surface area contributed by atoms with Crippen LogP contribution >= 0.6 is 23.2 Å². The van der Waals surface area contributed by atoms with Crippen molar-refractivity contribution in [2.24, 2.45) is 5.92 Å². The molecule has 5 heteroatoms. The summed E-state index contributed by atoms with van der Waals surface area (Å²) in [6, 6.07) is 5.70. The van der Waals surface area contributed by atoms with E-state index in [1.165, 1.54) is 0 Å². The van der Waals surface area contributed by atoms with Crippen molar-refractivity contribution >= 4 is 29.1 Å². The molecule has 1 atom stereocenters. The van der Waals surface area contributed by atoms with E-state index in [9.17, 15) is 4.79 Å². The minimum absolute atomic E-state index is 0.0164. The summed E-state index contributed by atoms with van der Waals surface area (Å²) in [5.74, 6) is 0.0899. The van der Waals surface area contributed by atoms with Crippen molar-refractivity contribution in [3.63, 3.8) is 0 Å². The quantitative estimate of drug-likeness (QED) is 0.751. The Morgan fingerprint density at radius 2 is 1.95 bits per heavy atom. The third kappa shape index (κ3) is 5.31. The molecule has 112 valence electrons. The SMILES string of the molecule is CCC(NCCNC(=O)C(C)C)c1ccc(Cl)cc1Cl. The lowest BCUT2D eigenvalue weighted by molar-refractivity contribution is -0.123. The second kappa shape index (κ2) is 8.50. The third-order valence-electron chi connectivity index (χ3n) is 3.09. The van der Waals surface area contributed by atoms with Gasteiger partial charge in [0.25, 0.3) is 0 Å². The fourth-order valence-corrected chi connectivity index (χ4v) is 2.43. The molecule has 1 unspecified atom stereocenters. The van der Waals surface area contributed by atoms with Crippen LogP contribution in [-0.4, -0.2) is 19.0 Å². The predicted molar refractivity (Wildman–Crippen MR) is 85.3 cm³/mol. The molecule has 0 bridgehead atoms. The number of hydrogen-bond acceptors (Lipinski definition) is 2. The molecule has 1 rings (SSSR count). The van der Waals surface area contributed by atoms with E-state index in [0.717, 1.165) is 12.0 Å². The summed E-state index contributed by atoms with van der Waals surface area (Å²) in [4.78, 5) is 11.4. The van der Waals surface area contributed by atoms with Crippen LogP contribution < -0.4 is 10.6 Å². The largest absolute Gasteiger partial charge is 0.355 e. The van der Waals surface area contributed by atoms with Crippen molar-refractivity contribution in [3.8, 4) is 0 Å². The molecule has 2 N–H and O–H groups in total. The normalized spacial score (nSPS) is 12.5. The highest BCUT2D eigenvalue weighted by molar-refractivity contribution is 6.35. The van der Waals surface area contributed by atoms with E-state index in [1.54, 1.807) is 6.07 Å². The average Bonchev–Trinajstić information content (AvgIpc) is 2.39. The Morgan fingerprint density at radius 1 is 1.25 bits per heavy atom. The Balaban J connectivity index is 2.49. The zero-order chi connectivity index (χ0) is 15.1. The van der Waals surface area contributed by atoms with Crippen LogP contribution in [-0.2, 0) is 4.79 Å². The molecule has 0 spiro atoms. The van der Waals surface area contributed by atoms with Crippen LogP contribution in [0.1, 0.15) is 38.8 Å². The molecular formula is C15H22Cl2N2O. The lowest BCUT2D eigenvalue weighted by Crippen LogP contribution is -2.35. The van der Waals surface area contributed by atoms with Crippen LogP contribution in [0.5, 0.6) is 0 Å². The minimum atomic E-state index is 0.0164. The van der Waals surface area contributed by atoms with Gasteiger partial charge in [-0.25, -0.2) is 0 Å². The summed E-state index contributed by atoms with van der Waals surface area (Å²) in [5, 5.41) is 7.59. The van der Waals surface area contributed by atoms with Gasteiger partial charge in [0.1, 0.15) is 0 Å². The monoisotopic (exact) mass is 316 g/mol. The fraction of sp³-hybridized carbons (Fsp3) is 0.533. The second-order valence-corrected chi connectivity index (χ2v) is 5.87. The maximum atomic E-state index is 11.4. The van der Waals surface area contributed by atoms with Gasteiger partial charge in [0.2, 0.25) is 5.91 Å². The first-order valence-electron chi connectivity index (χ1n) is 6.91. The van der Waals surface area contributed by atoms with E-state index in [4.69, 9.17) is 23.2 Å². The van der Waals surface area contributed by atoms with Crippen molar-refractivity contribution in [2.45, 2.75) is 33.2 Å². The van der Waals surface area contributed by atoms with Crippen molar-refractivity contribution in [2.75, 3.05) is 13.1 Å². The number of benzene rings is 1. The predicted octanol–water partition coefficient (Wildman–Crippen LogP) is 3.81. The van der Waals surface area contributed by atoms with Gasteiger partial charge in [-0.3, -0.25) is 4.79 Å². The molecule has 0 aliphatic carbocycles. The molecule has 0 aliphatic rings. The first-order chi connectivity index (χ1) is 9.45. The molecule has 1 amide bonds. The van der Waals surface area contributed by atoms with Gasteiger partial charge >= 0.3 is 0 Å². The molecule has 0 heterocycles. The maximum Gasteiger partial charge on any atom is 0.222 e. The molecule has 1 aromatic rings. The maximum absolute atomic E-state index is 11.4. The third-order valence-corrected chi connectivity index (χ3v) is 3.65. The highest BCUT2D eigenvalue weighted by Gasteiger charge is 2.13. The molecule has 0 radical (unpaired) electrons. The Morgan fingerprint density at radius 3 is 2.50 bits per heavy atom. The fourth-order valence-electron chi connectivity index (χ4n) is 1.89. The van der Waals surface area contributed by atoms with Crippen LogP contribution in [0.3, 0.4) is 0 Å². The highest BCUT2D eigenvalue weighted by Crippen LogP contribution is 2.27. The minimum Gasteiger partial charge on any atom is -0.355 e. The molecular weight excluding hydrogens is 295 g/mol. The topological polar surface area (TPSA) is 41.1 Å². The van der Waals surface area contributed by atoms with Gasteiger partial charge in [-0.05, 0) is 24.1 Å². The van der Waals surface area contributed by atoms with E-state index < -0.39 is 0 Å². The second-order valence-electron chi connectivity index (χ2n) is 5.03. The van der Waals surface area contributed by atoms with Crippen molar-refractivity contribution in [1.29, 1.82) is 0 Å². The number of carbonyl (C=O) groups excluding carboxylic acids is 1. The van der Waals surface area contributed by atoms with Crippen LogP contribution in [0.2, 0.25) is 10.0 Å². The number of amides is 1. The summed E-state index contributed by atoms with van der Waals surface area (Å²) in [5.41, 5.74) is 1.04. The van der Waals surface area contributed by atoms with Gasteiger partial charge in [0.05, 0.1) is 0 Å². The molecule has 0 fully saturated rings. The molecule has 20 heavy (non-hydrogen) atoms. The number of carbonyl (C=O) groups is 1. The van der Waals surface area contributed by atoms with Gasteiger partial charge in [-0.2, -0.15) is 0 Å². The summed E-state index contributed by atoms with van der Waals surface area (Å²) >= 11 is 12.1. The van der Waals surface area contributed by atoms with E-state index in [0.29, 0.717) is 23.1 Å². The van der Waals surface area contributed by atoms with Gasteiger partial charge in [-0.1, -0.05) is 50.0 Å². The van der Waals surface area contributed by atoms with Crippen LogP contribution in [0.15, 0.2) is 18.2 Å². The van der Waals surface area contributed by atoms with Crippen molar-refractivity contribution in [3.05, 3.63) is 33.8 Å². The summed E-state index contributed by atoms with van der Waals surface area (Å²) in [6.45, 7) is 7.17. The van der Waals surface area contributed by atoms with Crippen LogP contribution in [0.4, 0.5) is 0 Å². The van der Waals surface area contributed by atoms with Gasteiger partial charge < -0.3 is 10.6 Å². The summed E-state index contributed by atoms with van der Waals surface area (Å²) in [7, 11) is 0. The molecule has 0 saturated heterocycles. The molecule has 1 aromatic carbocycles. The van der Waals surface area contributed by atoms with Crippen molar-refractivity contribution < 1.29 is 4.79 Å². The summed E-state index contributed by atoms with van der Waals surface area (Å²) < 4.78 is 0. The van der Waals surface area contributed by atoms with Crippen molar-refractivity contribution in [1.82, 2.24) is 10.6 Å². The Kier molecular flexibility index (Phi) is 7.35. The standard InChI is InChI=1S/C15H22Cl2N2O/c1-4-14(12-6-5-11(16)9-13(12)17)18-7-8-19-15(20)10(2)3/h5-6,9-10,14,18H,4,7-8H2,1-3H3,(H,19,20). The van der Waals surface area contributed by atoms with Gasteiger partial charge in [0, 0.05) is 35.1 Å². The van der Waals surface area contributed by atoms with E-state index in [2.05, 4.69) is 17.6 Å². The highest BCUT2D eigenvalue weighted by atomic mass is 35.5. The van der Waals surface area contributed by atoms with Gasteiger partial charge in [0.15, 0.2) is 0 Å². The zero-order valence-electron chi connectivity index (χ0n) is 12.2. The Bertz CT molecular complexity index is 449. The summed E-state index contributed by atoms with van der Waals surface area (Å²) in [6.07, 6.45) is 0.916. The number of rotatable bonds is 7. The smallest absolute Gasteiger partial charge is 0.222 e. The molecule has 0 aliphatic heterocycles. The lowest BCUT2D eigenvalue weighted by Gasteiger charge is -2.19. The Labute approximate surface area is 131 Å². The van der Waals surface area contributed by atoms with E-state index in [1.807, 2.05) is 26.0 Å². The first-order valence-corrected chi connectivity index (χ1v) is 7.67. The average molecular weight is 317 g/mol. The number of nitrogens with one attached hydrogen (secondary N) is 2. The first kappa shape index (κ1) is 17.3. The van der Waals surface area contributed by atoms with E-state index in [-0.39, 0.29) is 17.9 Å².